The Morgan fingerprint density at radius 2 is 2.00 bits per heavy atom. The molecule has 0 rings (SSSR count). The van der Waals surface area contributed by atoms with Crippen LogP contribution in [-0.2, 0) is 0 Å². The molecule has 5 nitrogen and oxygen atoms in total. The van der Waals surface area contributed by atoms with Gasteiger partial charge in [0, 0.05) is 19.0 Å². The van der Waals surface area contributed by atoms with Crippen LogP contribution in [0.2, 0.25) is 0 Å². The van der Waals surface area contributed by atoms with Crippen LogP contribution in [0.4, 0.5) is 0 Å². The third-order valence-electron chi connectivity index (χ3n) is 0.575. The van der Waals surface area contributed by atoms with Gasteiger partial charge in [-0.3, -0.25) is 4.99 Å². The Kier molecular flexibility index (Phi) is 12.4. The first kappa shape index (κ1) is 11.6. The van der Waals surface area contributed by atoms with E-state index in [1.807, 2.05) is 13.8 Å². The molecule has 0 aromatic heterocycles. The summed E-state index contributed by atoms with van der Waals surface area (Å²) in [5.41, 5.74) is 7.84. The molecule has 0 heterocycles. The highest BCUT2D eigenvalue weighted by Gasteiger charge is 1.81. The summed E-state index contributed by atoms with van der Waals surface area (Å²) in [6.45, 7) is 4.00. The van der Waals surface area contributed by atoms with Crippen molar-refractivity contribution in [2.75, 3.05) is 14.1 Å². The van der Waals surface area contributed by atoms with Crippen molar-refractivity contribution in [3.8, 4) is 0 Å². The van der Waals surface area contributed by atoms with Gasteiger partial charge in [0.25, 0.3) is 0 Å². The van der Waals surface area contributed by atoms with Gasteiger partial charge < -0.3 is 5.32 Å². The van der Waals surface area contributed by atoms with E-state index in [2.05, 4.69) is 20.3 Å². The Morgan fingerprint density at radius 1 is 1.50 bits per heavy atom. The van der Waals surface area contributed by atoms with E-state index in [1.165, 1.54) is 0 Å². The van der Waals surface area contributed by atoms with Crippen molar-refractivity contribution in [1.29, 1.82) is 0 Å². The molecule has 0 aliphatic heterocycles. The molecule has 0 aromatic carbocycles. The zero-order valence-electron chi connectivity index (χ0n) is 6.79. The molecular weight excluding hydrogens is 130 g/mol. The number of nitrogens with one attached hydrogen (secondary N) is 1. The van der Waals surface area contributed by atoms with Crippen molar-refractivity contribution in [2.24, 2.45) is 10.1 Å². The molecule has 0 amide bonds. The van der Waals surface area contributed by atoms with E-state index < -0.39 is 0 Å². The summed E-state index contributed by atoms with van der Waals surface area (Å²) in [6, 6.07) is 0. The standard InChI is InChI=1S/C3H7N5.C2H6/c1-5-3(6-2)7-8-4;1-2/h1-2H3,(H,5,6);1-2H3. The minimum Gasteiger partial charge on any atom is -0.372 e. The second-order valence-electron chi connectivity index (χ2n) is 0.987. The van der Waals surface area contributed by atoms with E-state index in [4.69, 9.17) is 5.53 Å². The normalized spacial score (nSPS) is 8.60. The average Bonchev–Trinajstić information content (AvgIpc) is 2.04. The van der Waals surface area contributed by atoms with E-state index in [1.54, 1.807) is 14.1 Å². The largest absolute Gasteiger partial charge is 0.372 e. The summed E-state index contributed by atoms with van der Waals surface area (Å²) >= 11 is 0. The highest BCUT2D eigenvalue weighted by atomic mass is 15.2. The van der Waals surface area contributed by atoms with Crippen LogP contribution < -0.4 is 5.32 Å². The average molecular weight is 143 g/mol. The summed E-state index contributed by atoms with van der Waals surface area (Å²) in [5.74, 6) is 0.299. The first-order chi connectivity index (χ1) is 4.85. The van der Waals surface area contributed by atoms with Gasteiger partial charge in [0.1, 0.15) is 0 Å². The smallest absolute Gasteiger partial charge is 0.184 e. The van der Waals surface area contributed by atoms with Crippen LogP contribution in [-0.4, -0.2) is 20.1 Å². The highest BCUT2D eigenvalue weighted by Crippen LogP contribution is 1.71. The number of hydrogen-bond acceptors (Lipinski definition) is 1. The number of guanidine groups is 1. The molecule has 0 spiro atoms. The van der Waals surface area contributed by atoms with Crippen molar-refractivity contribution in [1.82, 2.24) is 5.32 Å². The zero-order valence-corrected chi connectivity index (χ0v) is 6.79. The molecule has 5 heteroatoms. The van der Waals surface area contributed by atoms with Crippen LogP contribution in [0.25, 0.3) is 10.4 Å². The molecule has 0 saturated heterocycles. The maximum Gasteiger partial charge on any atom is 0.184 e. The molecule has 0 aliphatic rings. The molecular formula is C5H13N5. The molecule has 58 valence electrons. The van der Waals surface area contributed by atoms with Crippen molar-refractivity contribution < 1.29 is 0 Å². The number of hydrogen-bond donors (Lipinski definition) is 1. The Morgan fingerprint density at radius 3 is 2.10 bits per heavy atom. The lowest BCUT2D eigenvalue weighted by molar-refractivity contribution is 1.12. The fraction of sp³-hybridized carbons (Fsp3) is 0.800. The third kappa shape index (κ3) is 6.78. The molecule has 1 N–H and O–H groups in total. The summed E-state index contributed by atoms with van der Waals surface area (Å²) in [6.07, 6.45) is 0. The van der Waals surface area contributed by atoms with Crippen LogP contribution in [0.3, 0.4) is 0 Å². The monoisotopic (exact) mass is 143 g/mol. The molecule has 0 aliphatic carbocycles. The van der Waals surface area contributed by atoms with Crippen LogP contribution in [0.1, 0.15) is 13.8 Å². The second kappa shape index (κ2) is 10.7. The van der Waals surface area contributed by atoms with Gasteiger partial charge in [0.2, 0.25) is 0 Å². The van der Waals surface area contributed by atoms with Crippen LogP contribution >= 0.6 is 0 Å². The first-order valence-corrected chi connectivity index (χ1v) is 3.04. The number of azide groups is 1. The van der Waals surface area contributed by atoms with Crippen molar-refractivity contribution in [3.63, 3.8) is 0 Å². The molecule has 0 unspecified atom stereocenters. The van der Waals surface area contributed by atoms with Crippen molar-refractivity contribution in [2.45, 2.75) is 13.8 Å². The zero-order chi connectivity index (χ0) is 8.41. The van der Waals surface area contributed by atoms with E-state index >= 15 is 0 Å². The van der Waals surface area contributed by atoms with Crippen molar-refractivity contribution in [3.05, 3.63) is 10.4 Å². The van der Waals surface area contributed by atoms with E-state index in [0.717, 1.165) is 0 Å². The van der Waals surface area contributed by atoms with E-state index in [9.17, 15) is 0 Å². The quantitative estimate of drug-likeness (QED) is 0.180. The van der Waals surface area contributed by atoms with E-state index in [-0.39, 0.29) is 0 Å². The molecule has 0 saturated carbocycles. The summed E-state index contributed by atoms with van der Waals surface area (Å²) in [4.78, 5) is 6.09. The SMILES string of the molecule is CC.CN=C(N=[N+]=[N-])NC. The molecule has 0 radical (unpaired) electrons. The Hall–Kier alpha value is -1.22. The number of nitrogens with zero attached hydrogens (tertiary/aromatic N) is 4. The van der Waals surface area contributed by atoms with Gasteiger partial charge >= 0.3 is 0 Å². The maximum absolute atomic E-state index is 7.84. The third-order valence-corrected chi connectivity index (χ3v) is 0.575. The predicted octanol–water partition coefficient (Wildman–Crippen LogP) is 1.53. The minimum atomic E-state index is 0.299. The maximum atomic E-state index is 7.84. The summed E-state index contributed by atoms with van der Waals surface area (Å²) in [7, 11) is 3.18. The Balaban J connectivity index is 0. The lowest BCUT2D eigenvalue weighted by atomic mass is 11.0. The van der Waals surface area contributed by atoms with Gasteiger partial charge in [0.15, 0.2) is 5.96 Å². The van der Waals surface area contributed by atoms with Gasteiger partial charge in [-0.2, -0.15) is 0 Å². The molecule has 10 heavy (non-hydrogen) atoms. The fourth-order valence-corrected chi connectivity index (χ4v) is 0.249. The predicted molar refractivity (Wildman–Crippen MR) is 42.9 cm³/mol. The molecule has 0 atom stereocenters. The number of rotatable bonds is 0. The van der Waals surface area contributed by atoms with Gasteiger partial charge in [-0.1, -0.05) is 13.8 Å². The van der Waals surface area contributed by atoms with Crippen LogP contribution in [0, 0.1) is 0 Å². The topological polar surface area (TPSA) is 73.2 Å². The lowest BCUT2D eigenvalue weighted by Gasteiger charge is -1.90. The van der Waals surface area contributed by atoms with Gasteiger partial charge in [-0.25, -0.2) is 0 Å². The summed E-state index contributed by atoms with van der Waals surface area (Å²) in [5, 5.41) is 5.76. The molecule has 0 fully saturated rings. The molecule has 0 bridgehead atoms. The van der Waals surface area contributed by atoms with E-state index in [0.29, 0.717) is 5.96 Å². The molecule has 0 aromatic rings. The fourth-order valence-electron chi connectivity index (χ4n) is 0.249. The van der Waals surface area contributed by atoms with Crippen molar-refractivity contribution >= 4 is 5.96 Å². The van der Waals surface area contributed by atoms with Gasteiger partial charge in [-0.05, 0) is 10.6 Å². The van der Waals surface area contributed by atoms with Gasteiger partial charge in [0.05, 0.1) is 0 Å². The lowest BCUT2D eigenvalue weighted by Crippen LogP contribution is -2.13. The first-order valence-electron chi connectivity index (χ1n) is 3.04. The highest BCUT2D eigenvalue weighted by molar-refractivity contribution is 5.79. The number of aliphatic imine (C=N–C) groups is 1. The Bertz CT molecular complexity index is 133. The minimum absolute atomic E-state index is 0.299. The Labute approximate surface area is 60.8 Å². The van der Waals surface area contributed by atoms with Gasteiger partial charge in [-0.15, -0.1) is 0 Å². The second-order valence-corrected chi connectivity index (χ2v) is 0.987. The summed E-state index contributed by atoms with van der Waals surface area (Å²) < 4.78 is 0. The van der Waals surface area contributed by atoms with Crippen LogP contribution in [0.5, 0.6) is 0 Å². The van der Waals surface area contributed by atoms with Crippen LogP contribution in [0.15, 0.2) is 10.1 Å².